The van der Waals surface area contributed by atoms with Gasteiger partial charge in [-0.15, -0.1) is 0 Å². The van der Waals surface area contributed by atoms with Crippen LogP contribution in [0.2, 0.25) is 5.02 Å². The minimum atomic E-state index is -0.306. The Morgan fingerprint density at radius 1 is 0.929 bits per heavy atom. The summed E-state index contributed by atoms with van der Waals surface area (Å²) in [4.78, 5) is 17.5. The second-order valence-electron chi connectivity index (χ2n) is 6.16. The van der Waals surface area contributed by atoms with Crippen molar-refractivity contribution in [2.24, 2.45) is 5.10 Å². The maximum absolute atomic E-state index is 12.8. The molecule has 0 saturated heterocycles. The molecule has 4 rings (SSSR count). The van der Waals surface area contributed by atoms with E-state index in [1.54, 1.807) is 12.1 Å². The molecule has 1 aromatic heterocycles. The number of nitrogens with one attached hydrogen (secondary N) is 1. The molecule has 5 heteroatoms. The molecule has 1 N–H and O–H groups in total. The maximum Gasteiger partial charge on any atom is 0.272 e. The molecule has 0 aliphatic heterocycles. The van der Waals surface area contributed by atoms with E-state index in [1.165, 1.54) is 6.21 Å². The van der Waals surface area contributed by atoms with Crippen molar-refractivity contribution in [1.82, 2.24) is 10.4 Å². The first-order valence-corrected chi connectivity index (χ1v) is 9.13. The number of fused-ring (bicyclic) bond motifs is 1. The van der Waals surface area contributed by atoms with E-state index in [9.17, 15) is 4.79 Å². The molecule has 0 fully saturated rings. The number of amides is 1. The number of halogens is 1. The van der Waals surface area contributed by atoms with Crippen LogP contribution in [0.4, 0.5) is 0 Å². The summed E-state index contributed by atoms with van der Waals surface area (Å²) in [7, 11) is 0. The fraction of sp³-hybridized carbons (Fsp3) is 0. The van der Waals surface area contributed by atoms with Gasteiger partial charge >= 0.3 is 0 Å². The van der Waals surface area contributed by atoms with Crippen molar-refractivity contribution in [1.29, 1.82) is 0 Å². The lowest BCUT2D eigenvalue weighted by molar-refractivity contribution is 0.0956. The molecular weight excluding hydrogens is 370 g/mol. The molecular formula is C23H16ClN3O. The predicted octanol–water partition coefficient (Wildman–Crippen LogP) is 5.32. The van der Waals surface area contributed by atoms with E-state index >= 15 is 0 Å². The molecule has 0 atom stereocenters. The van der Waals surface area contributed by atoms with Gasteiger partial charge in [0.15, 0.2) is 0 Å². The van der Waals surface area contributed by atoms with Gasteiger partial charge in [-0.25, -0.2) is 10.4 Å². The number of benzene rings is 3. The number of pyridine rings is 1. The third-order valence-corrected chi connectivity index (χ3v) is 4.65. The van der Waals surface area contributed by atoms with E-state index in [2.05, 4.69) is 10.5 Å². The van der Waals surface area contributed by atoms with Crippen molar-refractivity contribution in [3.8, 4) is 11.3 Å². The number of nitrogens with zero attached hydrogens (tertiary/aromatic N) is 2. The van der Waals surface area contributed by atoms with Crippen LogP contribution < -0.4 is 5.43 Å². The average molecular weight is 386 g/mol. The molecule has 4 nitrogen and oxygen atoms in total. The van der Waals surface area contributed by atoms with Gasteiger partial charge in [0.05, 0.1) is 23.0 Å². The van der Waals surface area contributed by atoms with Gasteiger partial charge in [0, 0.05) is 21.5 Å². The van der Waals surface area contributed by atoms with Crippen molar-refractivity contribution in [3.05, 3.63) is 101 Å². The smallest absolute Gasteiger partial charge is 0.267 e. The lowest BCUT2D eigenvalue weighted by atomic mass is 10.0. The highest BCUT2D eigenvalue weighted by atomic mass is 35.5. The van der Waals surface area contributed by atoms with Crippen LogP contribution in [0, 0.1) is 0 Å². The Balaban J connectivity index is 1.69. The molecule has 1 amide bonds. The number of aromatic nitrogens is 1. The molecule has 0 aliphatic rings. The molecule has 0 bridgehead atoms. The second kappa shape index (κ2) is 8.03. The van der Waals surface area contributed by atoms with Crippen molar-refractivity contribution in [3.63, 3.8) is 0 Å². The van der Waals surface area contributed by atoms with Gasteiger partial charge in [-0.1, -0.05) is 78.3 Å². The second-order valence-corrected chi connectivity index (χ2v) is 6.57. The Morgan fingerprint density at radius 2 is 1.64 bits per heavy atom. The number of para-hydroxylation sites is 1. The highest BCUT2D eigenvalue weighted by Crippen LogP contribution is 2.24. The number of hydrazone groups is 1. The normalized spacial score (nSPS) is 11.0. The van der Waals surface area contributed by atoms with Crippen molar-refractivity contribution in [2.45, 2.75) is 0 Å². The van der Waals surface area contributed by atoms with Crippen LogP contribution in [0.5, 0.6) is 0 Å². The van der Waals surface area contributed by atoms with E-state index < -0.39 is 0 Å². The van der Waals surface area contributed by atoms with Gasteiger partial charge < -0.3 is 0 Å². The number of carbonyl (C=O) groups excluding carboxylic acids is 1. The average Bonchev–Trinajstić information content (AvgIpc) is 2.75. The summed E-state index contributed by atoms with van der Waals surface area (Å²) < 4.78 is 0. The third kappa shape index (κ3) is 3.77. The van der Waals surface area contributed by atoms with Crippen LogP contribution in [0.15, 0.2) is 90.0 Å². The fourth-order valence-corrected chi connectivity index (χ4v) is 3.11. The zero-order valence-corrected chi connectivity index (χ0v) is 15.6. The van der Waals surface area contributed by atoms with Crippen LogP contribution in [-0.4, -0.2) is 17.1 Å². The summed E-state index contributed by atoms with van der Waals surface area (Å²) in [5.74, 6) is -0.306. The quantitative estimate of drug-likeness (QED) is 0.382. The fourth-order valence-electron chi connectivity index (χ4n) is 2.92. The molecule has 4 aromatic rings. The molecule has 3 aromatic carbocycles. The lowest BCUT2D eigenvalue weighted by Crippen LogP contribution is -2.18. The van der Waals surface area contributed by atoms with Crippen LogP contribution in [0.25, 0.3) is 22.2 Å². The van der Waals surface area contributed by atoms with Crippen LogP contribution in [0.3, 0.4) is 0 Å². The lowest BCUT2D eigenvalue weighted by Gasteiger charge is -2.09. The highest BCUT2D eigenvalue weighted by Gasteiger charge is 2.13. The van der Waals surface area contributed by atoms with Gasteiger partial charge in [0.25, 0.3) is 5.91 Å². The largest absolute Gasteiger partial charge is 0.272 e. The van der Waals surface area contributed by atoms with E-state index in [4.69, 9.17) is 16.6 Å². The van der Waals surface area contributed by atoms with Gasteiger partial charge in [0.1, 0.15) is 0 Å². The molecule has 136 valence electrons. The van der Waals surface area contributed by atoms with Crippen molar-refractivity contribution >= 4 is 34.6 Å². The molecule has 0 saturated carbocycles. The maximum atomic E-state index is 12.8. The molecule has 0 unspecified atom stereocenters. The van der Waals surface area contributed by atoms with E-state index in [-0.39, 0.29) is 5.91 Å². The summed E-state index contributed by atoms with van der Waals surface area (Å²) in [5.41, 5.74) is 6.27. The Hall–Kier alpha value is -3.50. The van der Waals surface area contributed by atoms with Crippen molar-refractivity contribution < 1.29 is 4.79 Å². The Kier molecular flexibility index (Phi) is 5.13. The first-order valence-electron chi connectivity index (χ1n) is 8.75. The summed E-state index contributed by atoms with van der Waals surface area (Å²) in [5, 5.41) is 5.40. The van der Waals surface area contributed by atoms with Gasteiger partial charge in [-0.05, 0) is 18.2 Å². The predicted molar refractivity (Wildman–Crippen MR) is 114 cm³/mol. The summed E-state index contributed by atoms with van der Waals surface area (Å²) >= 11 is 6.11. The first-order chi connectivity index (χ1) is 13.7. The Bertz CT molecular complexity index is 1170. The first kappa shape index (κ1) is 17.9. The SMILES string of the molecule is O=C(NN=Cc1ccccc1Cl)c1cc(-c2ccccc2)nc2ccccc12. The van der Waals surface area contributed by atoms with E-state index in [0.717, 1.165) is 27.7 Å². The number of rotatable bonds is 4. The van der Waals surface area contributed by atoms with Gasteiger partial charge in [-0.2, -0.15) is 5.10 Å². The highest BCUT2D eigenvalue weighted by molar-refractivity contribution is 6.33. The summed E-state index contributed by atoms with van der Waals surface area (Å²) in [6.45, 7) is 0. The molecule has 0 spiro atoms. The van der Waals surface area contributed by atoms with E-state index in [0.29, 0.717) is 10.6 Å². The standard InChI is InChI=1S/C23H16ClN3O/c24-20-12-6-4-10-17(20)15-25-27-23(28)19-14-22(16-8-2-1-3-9-16)26-21-13-7-5-11-18(19)21/h1-15H,(H,27,28). The Morgan fingerprint density at radius 3 is 2.46 bits per heavy atom. The monoisotopic (exact) mass is 385 g/mol. The molecule has 0 aliphatic carbocycles. The topological polar surface area (TPSA) is 54.4 Å². The molecule has 0 radical (unpaired) electrons. The van der Waals surface area contributed by atoms with Gasteiger partial charge in [-0.3, -0.25) is 4.79 Å². The van der Waals surface area contributed by atoms with Crippen LogP contribution in [-0.2, 0) is 0 Å². The summed E-state index contributed by atoms with van der Waals surface area (Å²) in [6.07, 6.45) is 1.53. The number of hydrogen-bond acceptors (Lipinski definition) is 3. The van der Waals surface area contributed by atoms with Gasteiger partial charge in [0.2, 0.25) is 0 Å². The van der Waals surface area contributed by atoms with Crippen LogP contribution in [0.1, 0.15) is 15.9 Å². The van der Waals surface area contributed by atoms with E-state index in [1.807, 2.05) is 72.8 Å². The number of hydrogen-bond donors (Lipinski definition) is 1. The number of carbonyl (C=O) groups is 1. The zero-order valence-electron chi connectivity index (χ0n) is 14.8. The van der Waals surface area contributed by atoms with Crippen molar-refractivity contribution in [2.75, 3.05) is 0 Å². The molecule has 28 heavy (non-hydrogen) atoms. The molecule has 1 heterocycles. The Labute approximate surface area is 167 Å². The van der Waals surface area contributed by atoms with Crippen LogP contribution >= 0.6 is 11.6 Å². The summed E-state index contributed by atoms with van der Waals surface area (Å²) in [6, 6.07) is 26.4. The minimum absolute atomic E-state index is 0.306. The minimum Gasteiger partial charge on any atom is -0.267 e. The zero-order chi connectivity index (χ0) is 19.3. The third-order valence-electron chi connectivity index (χ3n) is 4.31.